The number of hydrogen-bond acceptors (Lipinski definition) is 4. The lowest BCUT2D eigenvalue weighted by atomic mass is 10.3. The number of rotatable bonds is 1. The molecule has 5 nitrogen and oxygen atoms in total. The highest BCUT2D eigenvalue weighted by Crippen LogP contribution is 2.02. The van der Waals surface area contributed by atoms with Gasteiger partial charge in [0.2, 0.25) is 0 Å². The summed E-state index contributed by atoms with van der Waals surface area (Å²) in [5.74, 6) is 0.722. The topological polar surface area (TPSA) is 71.5 Å². The molecule has 0 aromatic carbocycles. The van der Waals surface area contributed by atoms with Crippen molar-refractivity contribution in [3.8, 4) is 0 Å². The van der Waals surface area contributed by atoms with E-state index >= 15 is 0 Å². The maximum Gasteiger partial charge on any atom is 0.275 e. The maximum atomic E-state index is 11.2. The molecular formula is C8H8N4O. The summed E-state index contributed by atoms with van der Waals surface area (Å²) in [7, 11) is 0. The van der Waals surface area contributed by atoms with Crippen molar-refractivity contribution >= 4 is 10.9 Å². The fourth-order valence-electron chi connectivity index (χ4n) is 1.09. The van der Waals surface area contributed by atoms with Crippen molar-refractivity contribution in [2.75, 3.05) is 0 Å². The maximum absolute atomic E-state index is 11.2. The summed E-state index contributed by atoms with van der Waals surface area (Å²) in [6.07, 6.45) is 3.81. The van der Waals surface area contributed by atoms with Crippen molar-refractivity contribution in [1.82, 2.24) is 20.2 Å². The van der Waals surface area contributed by atoms with E-state index in [2.05, 4.69) is 20.2 Å². The van der Waals surface area contributed by atoms with Crippen molar-refractivity contribution < 1.29 is 0 Å². The number of H-pyrrole nitrogens is 1. The summed E-state index contributed by atoms with van der Waals surface area (Å²) in [6.45, 7) is 1.96. The van der Waals surface area contributed by atoms with Crippen LogP contribution in [0.15, 0.2) is 17.2 Å². The molecule has 0 atom stereocenters. The molecule has 1 N–H and O–H groups in total. The third-order valence-electron chi connectivity index (χ3n) is 1.78. The van der Waals surface area contributed by atoms with Crippen molar-refractivity contribution in [1.29, 1.82) is 0 Å². The second-order valence-electron chi connectivity index (χ2n) is 2.64. The summed E-state index contributed by atoms with van der Waals surface area (Å²) in [4.78, 5) is 19.4. The van der Waals surface area contributed by atoms with Gasteiger partial charge in [0.05, 0.1) is 17.1 Å². The lowest BCUT2D eigenvalue weighted by molar-refractivity contribution is 0.941. The van der Waals surface area contributed by atoms with Gasteiger partial charge in [0.25, 0.3) is 5.56 Å². The van der Waals surface area contributed by atoms with Gasteiger partial charge < -0.3 is 0 Å². The molecule has 2 aromatic rings. The van der Waals surface area contributed by atoms with Gasteiger partial charge >= 0.3 is 0 Å². The molecule has 0 amide bonds. The first-order valence-corrected chi connectivity index (χ1v) is 4.00. The lowest BCUT2D eigenvalue weighted by Gasteiger charge is -1.96. The number of nitrogens with one attached hydrogen (secondary N) is 1. The van der Waals surface area contributed by atoms with Crippen LogP contribution in [0.4, 0.5) is 0 Å². The molecule has 2 rings (SSSR count). The van der Waals surface area contributed by atoms with Gasteiger partial charge in [0.15, 0.2) is 0 Å². The van der Waals surface area contributed by atoms with Gasteiger partial charge in [-0.25, -0.2) is 15.1 Å². The highest BCUT2D eigenvalue weighted by Gasteiger charge is 2.00. The summed E-state index contributed by atoms with van der Waals surface area (Å²) in [6, 6.07) is 0. The number of aromatic amines is 1. The van der Waals surface area contributed by atoms with Crippen molar-refractivity contribution in [3.05, 3.63) is 28.6 Å². The smallest absolute Gasteiger partial charge is 0.267 e. The summed E-state index contributed by atoms with van der Waals surface area (Å²) < 4.78 is 0. The quantitative estimate of drug-likeness (QED) is 0.677. The molecule has 66 valence electrons. The van der Waals surface area contributed by atoms with Crippen LogP contribution in [0, 0.1) is 0 Å². The zero-order valence-corrected chi connectivity index (χ0v) is 7.11. The van der Waals surface area contributed by atoms with E-state index in [4.69, 9.17) is 0 Å². The van der Waals surface area contributed by atoms with Crippen molar-refractivity contribution in [2.45, 2.75) is 13.3 Å². The predicted octanol–water partition coefficient (Wildman–Crippen LogP) is 0.275. The van der Waals surface area contributed by atoms with E-state index < -0.39 is 0 Å². The number of nitrogens with zero attached hydrogens (tertiary/aromatic N) is 3. The highest BCUT2D eigenvalue weighted by atomic mass is 16.1. The Labute approximate surface area is 73.9 Å². The van der Waals surface area contributed by atoms with Gasteiger partial charge in [-0.15, -0.1) is 0 Å². The second kappa shape index (κ2) is 2.93. The molecular weight excluding hydrogens is 168 g/mol. The van der Waals surface area contributed by atoms with Crippen LogP contribution < -0.4 is 5.56 Å². The minimum absolute atomic E-state index is 0.250. The average Bonchev–Trinajstić information content (AvgIpc) is 2.18. The van der Waals surface area contributed by atoms with Gasteiger partial charge in [-0.1, -0.05) is 6.92 Å². The molecule has 0 radical (unpaired) electrons. The van der Waals surface area contributed by atoms with Crippen LogP contribution in [0.5, 0.6) is 0 Å². The Kier molecular flexibility index (Phi) is 1.77. The van der Waals surface area contributed by atoms with E-state index in [-0.39, 0.29) is 5.56 Å². The molecule has 0 unspecified atom stereocenters. The first kappa shape index (κ1) is 7.85. The molecule has 0 aliphatic carbocycles. The third-order valence-corrected chi connectivity index (χ3v) is 1.78. The fourth-order valence-corrected chi connectivity index (χ4v) is 1.09. The predicted molar refractivity (Wildman–Crippen MR) is 47.3 cm³/mol. The Morgan fingerprint density at radius 3 is 3.08 bits per heavy atom. The molecule has 0 saturated carbocycles. The zero-order chi connectivity index (χ0) is 9.26. The monoisotopic (exact) mass is 176 g/mol. The van der Waals surface area contributed by atoms with Crippen LogP contribution in [0.25, 0.3) is 10.9 Å². The van der Waals surface area contributed by atoms with Gasteiger partial charge in [-0.2, -0.15) is 5.10 Å². The molecule has 0 saturated heterocycles. The molecule has 0 spiro atoms. The third kappa shape index (κ3) is 1.28. The summed E-state index contributed by atoms with van der Waals surface area (Å²) >= 11 is 0. The number of aromatic nitrogens is 4. The summed E-state index contributed by atoms with van der Waals surface area (Å²) in [5.41, 5.74) is 0.343. The first-order valence-electron chi connectivity index (χ1n) is 4.00. The fraction of sp³-hybridized carbons (Fsp3) is 0.250. The Balaban J connectivity index is 2.80. The molecule has 0 aliphatic rings. The summed E-state index contributed by atoms with van der Waals surface area (Å²) in [5, 5.41) is 6.47. The minimum Gasteiger partial charge on any atom is -0.267 e. The molecule has 2 heterocycles. The molecule has 0 aliphatic heterocycles. The van der Waals surface area contributed by atoms with E-state index in [0.717, 1.165) is 12.2 Å². The number of hydrogen-bond donors (Lipinski definition) is 1. The first-order chi connectivity index (χ1) is 6.31. The normalized spacial score (nSPS) is 10.5. The van der Waals surface area contributed by atoms with Crippen LogP contribution in [-0.4, -0.2) is 20.2 Å². The van der Waals surface area contributed by atoms with Crippen LogP contribution in [-0.2, 0) is 6.42 Å². The van der Waals surface area contributed by atoms with Gasteiger partial charge in [-0.05, 0) is 0 Å². The van der Waals surface area contributed by atoms with Crippen LogP contribution in [0.3, 0.4) is 0 Å². The standard InChI is InChI=1S/C8H8N4O/c1-2-7-9-3-5-6(11-7)4-10-12-8(5)13/h3-4H,2H2,1H3,(H,12,13). The highest BCUT2D eigenvalue weighted by molar-refractivity contribution is 5.74. The van der Waals surface area contributed by atoms with Crippen molar-refractivity contribution in [3.63, 3.8) is 0 Å². The van der Waals surface area contributed by atoms with Gasteiger partial charge in [0, 0.05) is 12.6 Å². The van der Waals surface area contributed by atoms with E-state index in [0.29, 0.717) is 10.9 Å². The van der Waals surface area contributed by atoms with Crippen molar-refractivity contribution in [2.24, 2.45) is 0 Å². The molecule has 0 fully saturated rings. The Morgan fingerprint density at radius 1 is 1.46 bits per heavy atom. The second-order valence-corrected chi connectivity index (χ2v) is 2.64. The van der Waals surface area contributed by atoms with Gasteiger partial charge in [0.1, 0.15) is 5.82 Å². The van der Waals surface area contributed by atoms with E-state index in [1.54, 1.807) is 0 Å². The number of aryl methyl sites for hydroxylation is 1. The SMILES string of the molecule is CCc1ncc2c(=O)[nH]ncc2n1. The number of fused-ring (bicyclic) bond motifs is 1. The molecule has 2 aromatic heterocycles. The molecule has 0 bridgehead atoms. The van der Waals surface area contributed by atoms with Crippen LogP contribution in [0.2, 0.25) is 0 Å². The Morgan fingerprint density at radius 2 is 2.31 bits per heavy atom. The van der Waals surface area contributed by atoms with E-state index in [9.17, 15) is 4.79 Å². The van der Waals surface area contributed by atoms with Gasteiger partial charge in [-0.3, -0.25) is 4.79 Å². The van der Waals surface area contributed by atoms with Crippen LogP contribution >= 0.6 is 0 Å². The Hall–Kier alpha value is -1.78. The largest absolute Gasteiger partial charge is 0.275 e. The molecule has 5 heteroatoms. The molecule has 13 heavy (non-hydrogen) atoms. The minimum atomic E-state index is -0.250. The lowest BCUT2D eigenvalue weighted by Crippen LogP contribution is -2.09. The van der Waals surface area contributed by atoms with Crippen LogP contribution in [0.1, 0.15) is 12.7 Å². The van der Waals surface area contributed by atoms with E-state index in [1.807, 2.05) is 6.92 Å². The Bertz CT molecular complexity index is 491. The zero-order valence-electron chi connectivity index (χ0n) is 7.11. The van der Waals surface area contributed by atoms with E-state index in [1.165, 1.54) is 12.4 Å². The average molecular weight is 176 g/mol.